The zero-order valence-electron chi connectivity index (χ0n) is 11.8. The first-order valence-electron chi connectivity index (χ1n) is 6.76. The molecule has 20 heavy (non-hydrogen) atoms. The quantitative estimate of drug-likeness (QED) is 0.876. The van der Waals surface area contributed by atoms with Crippen LogP contribution in [0.5, 0.6) is 5.75 Å². The number of halogens is 1. The Bertz CT molecular complexity index is 572. The highest BCUT2D eigenvalue weighted by molar-refractivity contribution is 5.67. The predicted octanol–water partition coefficient (Wildman–Crippen LogP) is 3.40. The summed E-state index contributed by atoms with van der Waals surface area (Å²) < 4.78 is 19.0. The van der Waals surface area contributed by atoms with E-state index < -0.39 is 0 Å². The van der Waals surface area contributed by atoms with Gasteiger partial charge < -0.3 is 10.1 Å². The SMILES string of the molecule is CCCOc1cncc(-c2ccc(F)cc2CNC)c1. The number of rotatable bonds is 6. The van der Waals surface area contributed by atoms with E-state index in [1.54, 1.807) is 24.5 Å². The van der Waals surface area contributed by atoms with Crippen molar-refractivity contribution in [1.82, 2.24) is 10.3 Å². The first kappa shape index (κ1) is 14.5. The second kappa shape index (κ2) is 7.01. The zero-order chi connectivity index (χ0) is 14.4. The van der Waals surface area contributed by atoms with Crippen LogP contribution in [0, 0.1) is 5.82 Å². The first-order valence-corrected chi connectivity index (χ1v) is 6.76. The fourth-order valence-electron chi connectivity index (χ4n) is 2.05. The van der Waals surface area contributed by atoms with E-state index in [1.165, 1.54) is 6.07 Å². The van der Waals surface area contributed by atoms with Crippen molar-refractivity contribution in [2.45, 2.75) is 19.9 Å². The van der Waals surface area contributed by atoms with Gasteiger partial charge in [0.05, 0.1) is 12.8 Å². The van der Waals surface area contributed by atoms with Crippen molar-refractivity contribution < 1.29 is 9.13 Å². The third-order valence-corrected chi connectivity index (χ3v) is 2.93. The normalized spacial score (nSPS) is 10.6. The van der Waals surface area contributed by atoms with Crippen molar-refractivity contribution >= 4 is 0 Å². The Morgan fingerprint density at radius 3 is 2.85 bits per heavy atom. The minimum Gasteiger partial charge on any atom is -0.492 e. The second-order valence-electron chi connectivity index (χ2n) is 4.59. The van der Waals surface area contributed by atoms with Crippen molar-refractivity contribution in [3.05, 3.63) is 48.0 Å². The molecule has 0 saturated heterocycles. The average molecular weight is 274 g/mol. The molecule has 1 N–H and O–H groups in total. The van der Waals surface area contributed by atoms with E-state index in [9.17, 15) is 4.39 Å². The van der Waals surface area contributed by atoms with E-state index in [2.05, 4.69) is 17.2 Å². The molecule has 0 bridgehead atoms. The van der Waals surface area contributed by atoms with Gasteiger partial charge in [0, 0.05) is 18.3 Å². The minimum absolute atomic E-state index is 0.231. The maximum atomic E-state index is 13.4. The van der Waals surface area contributed by atoms with E-state index in [1.807, 2.05) is 13.1 Å². The van der Waals surface area contributed by atoms with Crippen molar-refractivity contribution in [2.75, 3.05) is 13.7 Å². The maximum Gasteiger partial charge on any atom is 0.138 e. The van der Waals surface area contributed by atoms with E-state index >= 15 is 0 Å². The van der Waals surface area contributed by atoms with Gasteiger partial charge in [-0.3, -0.25) is 4.98 Å². The molecule has 106 valence electrons. The summed E-state index contributed by atoms with van der Waals surface area (Å²) in [5.41, 5.74) is 2.81. The smallest absolute Gasteiger partial charge is 0.138 e. The molecule has 0 radical (unpaired) electrons. The zero-order valence-corrected chi connectivity index (χ0v) is 11.8. The molecule has 0 saturated carbocycles. The Balaban J connectivity index is 2.35. The highest BCUT2D eigenvalue weighted by atomic mass is 19.1. The van der Waals surface area contributed by atoms with Gasteiger partial charge in [-0.05, 0) is 42.8 Å². The standard InChI is InChI=1S/C16H19FN2O/c1-3-6-20-15-8-13(10-19-11-15)16-5-4-14(17)7-12(16)9-18-2/h4-5,7-8,10-11,18H,3,6,9H2,1-2H3. The summed E-state index contributed by atoms with van der Waals surface area (Å²) in [6, 6.07) is 6.73. The van der Waals surface area contributed by atoms with Crippen LogP contribution in [0.3, 0.4) is 0 Å². The van der Waals surface area contributed by atoms with Crippen LogP contribution in [-0.4, -0.2) is 18.6 Å². The Morgan fingerprint density at radius 1 is 1.25 bits per heavy atom. The van der Waals surface area contributed by atoms with E-state index in [0.29, 0.717) is 13.2 Å². The molecule has 0 aliphatic rings. The van der Waals surface area contributed by atoms with E-state index in [0.717, 1.165) is 28.9 Å². The Hall–Kier alpha value is -1.94. The molecule has 0 fully saturated rings. The summed E-state index contributed by atoms with van der Waals surface area (Å²) in [4.78, 5) is 4.20. The van der Waals surface area contributed by atoms with Crippen LogP contribution in [0.25, 0.3) is 11.1 Å². The lowest BCUT2D eigenvalue weighted by atomic mass is 10.0. The number of benzene rings is 1. The largest absolute Gasteiger partial charge is 0.492 e. The molecule has 3 nitrogen and oxygen atoms in total. The van der Waals surface area contributed by atoms with Crippen LogP contribution in [-0.2, 0) is 6.54 Å². The highest BCUT2D eigenvalue weighted by Crippen LogP contribution is 2.26. The molecule has 0 spiro atoms. The monoisotopic (exact) mass is 274 g/mol. The number of hydrogen-bond donors (Lipinski definition) is 1. The highest BCUT2D eigenvalue weighted by Gasteiger charge is 2.08. The second-order valence-corrected chi connectivity index (χ2v) is 4.59. The van der Waals surface area contributed by atoms with Crippen LogP contribution in [0.2, 0.25) is 0 Å². The van der Waals surface area contributed by atoms with Gasteiger partial charge in [0.25, 0.3) is 0 Å². The van der Waals surface area contributed by atoms with Crippen molar-refractivity contribution in [3.63, 3.8) is 0 Å². The fraction of sp³-hybridized carbons (Fsp3) is 0.312. The van der Waals surface area contributed by atoms with Gasteiger partial charge in [-0.25, -0.2) is 4.39 Å². The van der Waals surface area contributed by atoms with Crippen LogP contribution in [0.15, 0.2) is 36.7 Å². The third-order valence-electron chi connectivity index (χ3n) is 2.93. The molecule has 0 atom stereocenters. The number of ether oxygens (including phenoxy) is 1. The van der Waals surface area contributed by atoms with E-state index in [-0.39, 0.29) is 5.82 Å². The molecule has 0 aliphatic heterocycles. The molecule has 0 amide bonds. The third kappa shape index (κ3) is 3.54. The number of nitrogens with one attached hydrogen (secondary N) is 1. The Labute approximate surface area is 118 Å². The molecular formula is C16H19FN2O. The van der Waals surface area contributed by atoms with Gasteiger partial charge >= 0.3 is 0 Å². The Kier molecular flexibility index (Phi) is 5.07. The van der Waals surface area contributed by atoms with Gasteiger partial charge in [0.1, 0.15) is 11.6 Å². The molecule has 4 heteroatoms. The first-order chi connectivity index (χ1) is 9.74. The van der Waals surface area contributed by atoms with Gasteiger partial charge in [-0.2, -0.15) is 0 Å². The van der Waals surface area contributed by atoms with Crippen molar-refractivity contribution in [2.24, 2.45) is 0 Å². The molecule has 1 aromatic carbocycles. The molecule has 0 unspecified atom stereocenters. The summed E-state index contributed by atoms with van der Waals surface area (Å²) in [6.07, 6.45) is 4.41. The molecule has 1 aromatic heterocycles. The molecule has 1 heterocycles. The molecule has 2 aromatic rings. The van der Waals surface area contributed by atoms with Gasteiger partial charge in [-0.15, -0.1) is 0 Å². The lowest BCUT2D eigenvalue weighted by Gasteiger charge is -2.11. The maximum absolute atomic E-state index is 13.4. The summed E-state index contributed by atoms with van der Waals surface area (Å²) in [5.74, 6) is 0.509. The molecule has 0 aliphatic carbocycles. The minimum atomic E-state index is -0.231. The number of pyridine rings is 1. The number of hydrogen-bond acceptors (Lipinski definition) is 3. The topological polar surface area (TPSA) is 34.1 Å². The lowest BCUT2D eigenvalue weighted by molar-refractivity contribution is 0.316. The summed E-state index contributed by atoms with van der Waals surface area (Å²) in [5, 5.41) is 3.05. The van der Waals surface area contributed by atoms with Crippen LogP contribution < -0.4 is 10.1 Å². The van der Waals surface area contributed by atoms with Gasteiger partial charge in [0.2, 0.25) is 0 Å². The summed E-state index contributed by atoms with van der Waals surface area (Å²) in [6.45, 7) is 3.33. The van der Waals surface area contributed by atoms with Crippen molar-refractivity contribution in [3.8, 4) is 16.9 Å². The summed E-state index contributed by atoms with van der Waals surface area (Å²) in [7, 11) is 1.84. The average Bonchev–Trinajstić information content (AvgIpc) is 2.46. The predicted molar refractivity (Wildman–Crippen MR) is 78.2 cm³/mol. The number of nitrogens with zero attached hydrogens (tertiary/aromatic N) is 1. The van der Waals surface area contributed by atoms with Gasteiger partial charge in [-0.1, -0.05) is 13.0 Å². The number of aromatic nitrogens is 1. The molecule has 2 rings (SSSR count). The lowest BCUT2D eigenvalue weighted by Crippen LogP contribution is -2.07. The van der Waals surface area contributed by atoms with Crippen LogP contribution >= 0.6 is 0 Å². The molecular weight excluding hydrogens is 255 g/mol. The van der Waals surface area contributed by atoms with Crippen LogP contribution in [0.1, 0.15) is 18.9 Å². The van der Waals surface area contributed by atoms with Gasteiger partial charge in [0.15, 0.2) is 0 Å². The van der Waals surface area contributed by atoms with Crippen molar-refractivity contribution in [1.29, 1.82) is 0 Å². The van der Waals surface area contributed by atoms with E-state index in [4.69, 9.17) is 4.74 Å². The Morgan fingerprint density at radius 2 is 2.10 bits per heavy atom. The summed E-state index contributed by atoms with van der Waals surface area (Å²) >= 11 is 0. The van der Waals surface area contributed by atoms with Crippen LogP contribution in [0.4, 0.5) is 4.39 Å². The fourth-order valence-corrected chi connectivity index (χ4v) is 2.05.